The van der Waals surface area contributed by atoms with Crippen LogP contribution in [-0.4, -0.2) is 44.9 Å². The molecule has 1 atom stereocenters. The van der Waals surface area contributed by atoms with Gasteiger partial charge in [0.05, 0.1) is 17.6 Å². The van der Waals surface area contributed by atoms with Crippen molar-refractivity contribution in [3.05, 3.63) is 65.2 Å². The molecule has 0 amide bonds. The lowest BCUT2D eigenvalue weighted by molar-refractivity contribution is -0.0258. The zero-order chi connectivity index (χ0) is 20.2. The maximum Gasteiger partial charge on any atom is 0.338 e. The number of esters is 1. The number of ketones is 1. The van der Waals surface area contributed by atoms with Gasteiger partial charge in [-0.15, -0.1) is 0 Å². The van der Waals surface area contributed by atoms with Crippen molar-refractivity contribution in [1.82, 2.24) is 4.47 Å². The van der Waals surface area contributed by atoms with Crippen LogP contribution in [0.4, 0.5) is 0 Å². The number of sulfonamides is 1. The Hall–Kier alpha value is -2.55. The smallest absolute Gasteiger partial charge is 0.338 e. The quantitative estimate of drug-likeness (QED) is 0.409. The first-order valence-electron chi connectivity index (χ1n) is 8.11. The van der Waals surface area contributed by atoms with E-state index in [1.165, 1.54) is 45.3 Å². The highest BCUT2D eigenvalue weighted by atomic mass is 32.2. The van der Waals surface area contributed by atoms with Crippen molar-refractivity contribution >= 4 is 21.8 Å². The molecule has 0 aliphatic rings. The Labute approximate surface area is 158 Å². The molecule has 0 unspecified atom stereocenters. The number of hydrogen-bond acceptors (Lipinski definition) is 6. The summed E-state index contributed by atoms with van der Waals surface area (Å²) in [4.78, 5) is 29.3. The summed E-state index contributed by atoms with van der Waals surface area (Å²) in [6.45, 7) is 3.37. The molecule has 0 saturated heterocycles. The van der Waals surface area contributed by atoms with Gasteiger partial charge in [0, 0.05) is 12.6 Å². The number of hydrogen-bond donors (Lipinski definition) is 0. The van der Waals surface area contributed by atoms with Crippen molar-refractivity contribution in [3.63, 3.8) is 0 Å². The van der Waals surface area contributed by atoms with E-state index in [9.17, 15) is 18.0 Å². The van der Waals surface area contributed by atoms with E-state index >= 15 is 0 Å². The predicted octanol–water partition coefficient (Wildman–Crippen LogP) is 2.61. The average Bonchev–Trinajstić information content (AvgIpc) is 2.67. The van der Waals surface area contributed by atoms with Gasteiger partial charge < -0.3 is 4.74 Å². The van der Waals surface area contributed by atoms with E-state index in [4.69, 9.17) is 9.57 Å². The largest absolute Gasteiger partial charge is 0.451 e. The van der Waals surface area contributed by atoms with E-state index in [1.54, 1.807) is 24.3 Å². The van der Waals surface area contributed by atoms with Crippen molar-refractivity contribution < 1.29 is 27.6 Å². The number of benzene rings is 2. The van der Waals surface area contributed by atoms with Gasteiger partial charge in [0.15, 0.2) is 6.10 Å². The second kappa shape index (κ2) is 8.43. The van der Waals surface area contributed by atoms with E-state index in [2.05, 4.69) is 0 Å². The van der Waals surface area contributed by atoms with E-state index < -0.39 is 22.1 Å². The standard InChI is InChI=1S/C19H21NO6S/c1-13-8-10-15(11-9-13)18(21)14(2)26-19(22)16-6-5-7-17(12-16)27(23,24)20(3)25-4/h5-12,14H,1-4H3/t14-/m1/s1. The Morgan fingerprint density at radius 2 is 1.67 bits per heavy atom. The van der Waals surface area contributed by atoms with Crippen molar-refractivity contribution in [1.29, 1.82) is 0 Å². The van der Waals surface area contributed by atoms with Gasteiger partial charge in [-0.1, -0.05) is 40.4 Å². The van der Waals surface area contributed by atoms with Gasteiger partial charge in [0.1, 0.15) is 0 Å². The molecule has 7 nitrogen and oxygen atoms in total. The minimum atomic E-state index is -3.90. The van der Waals surface area contributed by atoms with Gasteiger partial charge in [-0.25, -0.2) is 13.2 Å². The number of hydroxylamine groups is 1. The third kappa shape index (κ3) is 4.79. The average molecular weight is 391 g/mol. The molecule has 8 heteroatoms. The number of aryl methyl sites for hydroxylation is 1. The van der Waals surface area contributed by atoms with Gasteiger partial charge in [-0.05, 0) is 32.0 Å². The Balaban J connectivity index is 2.17. The van der Waals surface area contributed by atoms with E-state index in [0.717, 1.165) is 5.56 Å². The Kier molecular flexibility index (Phi) is 6.48. The monoisotopic (exact) mass is 391 g/mol. The first-order valence-corrected chi connectivity index (χ1v) is 9.55. The van der Waals surface area contributed by atoms with E-state index in [-0.39, 0.29) is 16.2 Å². The lowest BCUT2D eigenvalue weighted by atomic mass is 10.1. The molecule has 0 aliphatic heterocycles. The fraction of sp³-hybridized carbons (Fsp3) is 0.263. The van der Waals surface area contributed by atoms with Crippen LogP contribution in [0.25, 0.3) is 0 Å². The van der Waals surface area contributed by atoms with Gasteiger partial charge >= 0.3 is 5.97 Å². The molecular weight excluding hydrogens is 370 g/mol. The van der Waals surface area contributed by atoms with Crippen LogP contribution >= 0.6 is 0 Å². The van der Waals surface area contributed by atoms with E-state index in [0.29, 0.717) is 10.0 Å². The topological polar surface area (TPSA) is 90.0 Å². The fourth-order valence-corrected chi connectivity index (χ4v) is 3.28. The number of ether oxygens (including phenoxy) is 1. The van der Waals surface area contributed by atoms with Crippen molar-refractivity contribution in [2.24, 2.45) is 0 Å². The predicted molar refractivity (Wildman–Crippen MR) is 98.8 cm³/mol. The number of carbonyl (C=O) groups is 2. The molecular formula is C19H21NO6S. The minimum Gasteiger partial charge on any atom is -0.451 e. The van der Waals surface area contributed by atoms with Crippen LogP contribution in [0, 0.1) is 6.92 Å². The Morgan fingerprint density at radius 3 is 2.26 bits per heavy atom. The summed E-state index contributed by atoms with van der Waals surface area (Å²) in [5.41, 5.74) is 1.46. The second-order valence-corrected chi connectivity index (χ2v) is 7.84. The molecule has 27 heavy (non-hydrogen) atoms. The number of nitrogens with zero attached hydrogens (tertiary/aromatic N) is 1. The van der Waals surface area contributed by atoms with Gasteiger partial charge in [0.2, 0.25) is 5.78 Å². The molecule has 0 spiro atoms. The lowest BCUT2D eigenvalue weighted by Gasteiger charge is -2.15. The van der Waals surface area contributed by atoms with Crippen LogP contribution in [0.1, 0.15) is 33.2 Å². The first-order chi connectivity index (χ1) is 12.7. The molecule has 144 valence electrons. The molecule has 0 aromatic heterocycles. The maximum absolute atomic E-state index is 12.4. The molecule has 0 fully saturated rings. The normalized spacial score (nSPS) is 12.6. The zero-order valence-electron chi connectivity index (χ0n) is 15.5. The lowest BCUT2D eigenvalue weighted by Crippen LogP contribution is -2.26. The third-order valence-corrected chi connectivity index (χ3v) is 5.63. The summed E-state index contributed by atoms with van der Waals surface area (Å²) < 4.78 is 30.4. The molecule has 0 heterocycles. The van der Waals surface area contributed by atoms with Crippen LogP contribution in [-0.2, 0) is 19.6 Å². The van der Waals surface area contributed by atoms with Gasteiger partial charge in [-0.3, -0.25) is 9.63 Å². The maximum atomic E-state index is 12.4. The summed E-state index contributed by atoms with van der Waals surface area (Å²) in [6, 6.07) is 12.3. The van der Waals surface area contributed by atoms with Crippen LogP contribution in [0.5, 0.6) is 0 Å². The van der Waals surface area contributed by atoms with Crippen LogP contribution in [0.2, 0.25) is 0 Å². The third-order valence-electron chi connectivity index (χ3n) is 3.95. The number of Topliss-reactive ketones (excluding diaryl/α,β-unsaturated/α-hetero) is 1. The first kappa shape index (κ1) is 20.8. The zero-order valence-corrected chi connectivity index (χ0v) is 16.3. The van der Waals surface area contributed by atoms with Crippen molar-refractivity contribution in [2.75, 3.05) is 14.2 Å². The molecule has 0 N–H and O–H groups in total. The fourth-order valence-electron chi connectivity index (χ4n) is 2.26. The summed E-state index contributed by atoms with van der Waals surface area (Å²) in [5, 5.41) is 0. The second-order valence-electron chi connectivity index (χ2n) is 5.90. The molecule has 0 saturated carbocycles. The Morgan fingerprint density at radius 1 is 1.04 bits per heavy atom. The van der Waals surface area contributed by atoms with Crippen LogP contribution in [0.3, 0.4) is 0 Å². The molecule has 2 rings (SSSR count). The summed E-state index contributed by atoms with van der Waals surface area (Å²) in [5.74, 6) is -1.13. The highest BCUT2D eigenvalue weighted by molar-refractivity contribution is 7.89. The van der Waals surface area contributed by atoms with Crippen molar-refractivity contribution in [2.45, 2.75) is 24.8 Å². The summed E-state index contributed by atoms with van der Waals surface area (Å²) in [6.07, 6.45) is -1.01. The number of carbonyl (C=O) groups excluding carboxylic acids is 2. The molecule has 0 radical (unpaired) electrons. The highest BCUT2D eigenvalue weighted by Gasteiger charge is 2.24. The SMILES string of the molecule is CON(C)S(=O)(=O)c1cccc(C(=O)O[C@H](C)C(=O)c2ccc(C)cc2)c1. The Bertz CT molecular complexity index is 937. The molecule has 2 aromatic rings. The van der Waals surface area contributed by atoms with Gasteiger partial charge in [-0.2, -0.15) is 0 Å². The minimum absolute atomic E-state index is 0.0177. The summed E-state index contributed by atoms with van der Waals surface area (Å²) in [7, 11) is -1.45. The summed E-state index contributed by atoms with van der Waals surface area (Å²) >= 11 is 0. The number of rotatable bonds is 7. The highest BCUT2D eigenvalue weighted by Crippen LogP contribution is 2.17. The molecule has 2 aromatic carbocycles. The van der Waals surface area contributed by atoms with Crippen LogP contribution < -0.4 is 0 Å². The van der Waals surface area contributed by atoms with Crippen LogP contribution in [0.15, 0.2) is 53.4 Å². The molecule has 0 aliphatic carbocycles. The van der Waals surface area contributed by atoms with Gasteiger partial charge in [0.25, 0.3) is 10.0 Å². The van der Waals surface area contributed by atoms with Crippen molar-refractivity contribution in [3.8, 4) is 0 Å². The molecule has 0 bridgehead atoms. The van der Waals surface area contributed by atoms with E-state index in [1.807, 2.05) is 6.92 Å².